The molecule has 0 saturated carbocycles. The number of fused-ring (bicyclic) bond motifs is 1. The van der Waals surface area contributed by atoms with E-state index < -0.39 is 0 Å². The average molecular weight is 518 g/mol. The zero-order chi connectivity index (χ0) is 25.5. The van der Waals surface area contributed by atoms with Crippen molar-refractivity contribution >= 4 is 17.2 Å². The molecule has 11 heteroatoms. The molecule has 4 aromatic heterocycles. The number of piperidine rings is 1. The molecule has 0 unspecified atom stereocenters. The summed E-state index contributed by atoms with van der Waals surface area (Å²) >= 11 is 6.45. The van der Waals surface area contributed by atoms with Gasteiger partial charge in [0.05, 0.1) is 23.6 Å². The van der Waals surface area contributed by atoms with Gasteiger partial charge in [-0.25, -0.2) is 9.67 Å². The molecule has 0 amide bonds. The summed E-state index contributed by atoms with van der Waals surface area (Å²) in [5, 5.41) is 18.7. The van der Waals surface area contributed by atoms with Crippen molar-refractivity contribution in [3.05, 3.63) is 59.3 Å². The Balaban J connectivity index is 1.23. The van der Waals surface area contributed by atoms with Crippen LogP contribution in [-0.2, 0) is 0 Å². The third-order valence-electron chi connectivity index (χ3n) is 7.49. The van der Waals surface area contributed by atoms with Crippen molar-refractivity contribution in [3.8, 4) is 23.3 Å². The summed E-state index contributed by atoms with van der Waals surface area (Å²) in [5.74, 6) is 0.570. The minimum atomic E-state index is -0.282. The number of rotatable bonds is 6. The lowest BCUT2D eigenvalue weighted by molar-refractivity contribution is 0.0265. The molecule has 0 N–H and O–H groups in total. The van der Waals surface area contributed by atoms with Crippen LogP contribution < -0.4 is 4.74 Å². The SMILES string of the molecule is Cc1c(-c2cc(O[C@H](C)c3ccccn3)n3c(Cl)cnc3c2)nnn1C1CN(C2CCN(C#N)CC2)C1. The number of pyridine rings is 2. The Morgan fingerprint density at radius 1 is 1.14 bits per heavy atom. The van der Waals surface area contributed by atoms with Crippen molar-refractivity contribution in [1.29, 1.82) is 5.26 Å². The van der Waals surface area contributed by atoms with Crippen LogP contribution in [0.3, 0.4) is 0 Å². The van der Waals surface area contributed by atoms with Crippen LogP contribution in [0.15, 0.2) is 42.7 Å². The van der Waals surface area contributed by atoms with Crippen molar-refractivity contribution in [2.75, 3.05) is 26.2 Å². The van der Waals surface area contributed by atoms with Gasteiger partial charge >= 0.3 is 0 Å². The molecule has 2 fully saturated rings. The van der Waals surface area contributed by atoms with Gasteiger partial charge in [0.1, 0.15) is 22.6 Å². The first-order valence-corrected chi connectivity index (χ1v) is 12.9. The van der Waals surface area contributed by atoms with Gasteiger partial charge in [0, 0.05) is 50.0 Å². The van der Waals surface area contributed by atoms with Gasteiger partial charge in [-0.15, -0.1) is 5.10 Å². The Morgan fingerprint density at radius 2 is 1.95 bits per heavy atom. The van der Waals surface area contributed by atoms with Crippen molar-refractivity contribution < 1.29 is 4.74 Å². The lowest BCUT2D eigenvalue weighted by Crippen LogP contribution is -2.55. The first-order valence-electron chi connectivity index (χ1n) is 12.6. The number of imidazole rings is 1. The average Bonchev–Trinajstić information content (AvgIpc) is 3.46. The van der Waals surface area contributed by atoms with Crippen LogP contribution in [0.5, 0.6) is 5.88 Å². The van der Waals surface area contributed by atoms with E-state index in [2.05, 4.69) is 38.3 Å². The highest BCUT2D eigenvalue weighted by molar-refractivity contribution is 6.29. The van der Waals surface area contributed by atoms with Gasteiger partial charge < -0.3 is 9.64 Å². The Labute approximate surface area is 220 Å². The van der Waals surface area contributed by atoms with Gasteiger partial charge in [-0.3, -0.25) is 14.3 Å². The zero-order valence-corrected chi connectivity index (χ0v) is 21.6. The Kier molecular flexibility index (Phi) is 6.18. The van der Waals surface area contributed by atoms with Crippen LogP contribution in [0.4, 0.5) is 0 Å². The number of halogens is 1. The lowest BCUT2D eigenvalue weighted by Gasteiger charge is -2.46. The van der Waals surface area contributed by atoms with E-state index in [-0.39, 0.29) is 6.10 Å². The summed E-state index contributed by atoms with van der Waals surface area (Å²) in [7, 11) is 0. The smallest absolute Gasteiger partial charge is 0.201 e. The van der Waals surface area contributed by atoms with Gasteiger partial charge in [0.25, 0.3) is 0 Å². The summed E-state index contributed by atoms with van der Waals surface area (Å²) in [6, 6.07) is 10.5. The largest absolute Gasteiger partial charge is 0.469 e. The summed E-state index contributed by atoms with van der Waals surface area (Å²) in [4.78, 5) is 13.2. The number of hydrogen-bond donors (Lipinski definition) is 0. The standard InChI is InChI=1S/C26H28ClN9O/c1-17-26(31-32-36(17)21-14-34(15-21)20-6-9-33(16-28)10-7-20)19-11-24-30-13-23(27)35(24)25(12-19)37-18(2)22-5-3-4-8-29-22/h3-5,8,11-13,18,20-21H,6-7,9-10,14-15H2,1-2H3/t18-/m1/s1. The topological polar surface area (TPSA) is 100 Å². The number of nitrogens with zero attached hydrogens (tertiary/aromatic N) is 9. The van der Waals surface area contributed by atoms with Crippen LogP contribution in [0, 0.1) is 18.4 Å². The van der Waals surface area contributed by atoms with Crippen molar-refractivity contribution in [2.24, 2.45) is 0 Å². The highest BCUT2D eigenvalue weighted by atomic mass is 35.5. The number of nitriles is 1. The number of aromatic nitrogens is 6. The molecule has 0 spiro atoms. The number of hydrogen-bond acceptors (Lipinski definition) is 8. The van der Waals surface area contributed by atoms with Crippen LogP contribution in [-0.4, -0.2) is 71.4 Å². The van der Waals surface area contributed by atoms with Crippen LogP contribution in [0.25, 0.3) is 16.9 Å². The van der Waals surface area contributed by atoms with Crippen LogP contribution >= 0.6 is 11.6 Å². The Morgan fingerprint density at radius 3 is 2.68 bits per heavy atom. The molecule has 0 radical (unpaired) electrons. The molecule has 0 aromatic carbocycles. The van der Waals surface area contributed by atoms with E-state index in [1.165, 1.54) is 0 Å². The summed E-state index contributed by atoms with van der Waals surface area (Å²) < 4.78 is 10.2. The Bertz CT molecular complexity index is 1450. The predicted octanol–water partition coefficient (Wildman–Crippen LogP) is 3.89. The second-order valence-electron chi connectivity index (χ2n) is 9.77. The fourth-order valence-electron chi connectivity index (χ4n) is 5.35. The lowest BCUT2D eigenvalue weighted by atomic mass is 9.97. The van der Waals surface area contributed by atoms with Crippen molar-refractivity contribution in [1.82, 2.24) is 39.2 Å². The van der Waals surface area contributed by atoms with E-state index in [1.807, 2.05) is 46.8 Å². The van der Waals surface area contributed by atoms with E-state index >= 15 is 0 Å². The number of likely N-dealkylation sites (tertiary alicyclic amines) is 2. The highest BCUT2D eigenvalue weighted by Crippen LogP contribution is 2.34. The maximum Gasteiger partial charge on any atom is 0.201 e. The van der Waals surface area contributed by atoms with E-state index in [4.69, 9.17) is 21.6 Å². The molecule has 6 heterocycles. The zero-order valence-electron chi connectivity index (χ0n) is 20.8. The summed E-state index contributed by atoms with van der Waals surface area (Å²) in [5.41, 5.74) is 4.19. The maximum absolute atomic E-state index is 9.10. The normalized spacial score (nSPS) is 18.1. The fourth-order valence-corrected chi connectivity index (χ4v) is 5.57. The monoisotopic (exact) mass is 517 g/mol. The van der Waals surface area contributed by atoms with Crippen LogP contribution in [0.2, 0.25) is 5.15 Å². The first kappa shape index (κ1) is 23.7. The molecule has 190 valence electrons. The van der Waals surface area contributed by atoms with E-state index in [0.717, 1.165) is 61.7 Å². The molecular weight excluding hydrogens is 490 g/mol. The molecule has 37 heavy (non-hydrogen) atoms. The minimum Gasteiger partial charge on any atom is -0.469 e. The Hall–Kier alpha value is -3.68. The molecule has 2 aliphatic heterocycles. The van der Waals surface area contributed by atoms with Crippen molar-refractivity contribution in [2.45, 2.75) is 44.9 Å². The molecule has 0 bridgehead atoms. The highest BCUT2D eigenvalue weighted by Gasteiger charge is 2.36. The molecule has 4 aromatic rings. The molecule has 10 nitrogen and oxygen atoms in total. The predicted molar refractivity (Wildman–Crippen MR) is 138 cm³/mol. The van der Waals surface area contributed by atoms with E-state index in [0.29, 0.717) is 28.8 Å². The molecule has 2 saturated heterocycles. The van der Waals surface area contributed by atoms with E-state index in [9.17, 15) is 0 Å². The maximum atomic E-state index is 9.10. The van der Waals surface area contributed by atoms with Gasteiger partial charge in [-0.2, -0.15) is 5.26 Å². The third kappa shape index (κ3) is 4.38. The summed E-state index contributed by atoms with van der Waals surface area (Å²) in [6.45, 7) is 7.61. The number of ether oxygens (including phenoxy) is 1. The quantitative estimate of drug-likeness (QED) is 0.355. The van der Waals surface area contributed by atoms with Crippen molar-refractivity contribution in [3.63, 3.8) is 0 Å². The first-order chi connectivity index (χ1) is 18.0. The van der Waals surface area contributed by atoms with Gasteiger partial charge in [-0.1, -0.05) is 22.9 Å². The molecular formula is C26H28ClN9O. The van der Waals surface area contributed by atoms with Gasteiger partial charge in [0.15, 0.2) is 6.19 Å². The molecule has 2 aliphatic rings. The second-order valence-corrected chi connectivity index (χ2v) is 10.2. The van der Waals surface area contributed by atoms with Gasteiger partial charge in [-0.05, 0) is 44.9 Å². The summed E-state index contributed by atoms with van der Waals surface area (Å²) in [6.07, 6.45) is 7.42. The molecule has 0 aliphatic carbocycles. The molecule has 1 atom stereocenters. The minimum absolute atomic E-state index is 0.282. The molecule has 6 rings (SSSR count). The van der Waals surface area contributed by atoms with Gasteiger partial charge in [0.2, 0.25) is 5.88 Å². The fraction of sp³-hybridized carbons (Fsp3) is 0.423. The third-order valence-corrected chi connectivity index (χ3v) is 7.76. The second kappa shape index (κ2) is 9.65. The van der Waals surface area contributed by atoms with E-state index in [1.54, 1.807) is 16.8 Å². The van der Waals surface area contributed by atoms with Crippen LogP contribution in [0.1, 0.15) is 43.3 Å².